The Labute approximate surface area is 125 Å². The van der Waals surface area contributed by atoms with E-state index >= 15 is 0 Å². The van der Waals surface area contributed by atoms with Crippen molar-refractivity contribution in [3.05, 3.63) is 18.2 Å². The summed E-state index contributed by atoms with van der Waals surface area (Å²) < 4.78 is 28.3. The van der Waals surface area contributed by atoms with Crippen LogP contribution in [0.1, 0.15) is 12.8 Å². The lowest BCUT2D eigenvalue weighted by Crippen LogP contribution is -2.39. The number of methoxy groups -OCH3 is 1. The Hall–Kier alpha value is -1.31. The summed E-state index contributed by atoms with van der Waals surface area (Å²) in [6.45, 7) is 3.37. The molecule has 2 fully saturated rings. The maximum absolute atomic E-state index is 11.5. The lowest BCUT2D eigenvalue weighted by Gasteiger charge is -2.32. The largest absolute Gasteiger partial charge is 0.495 e. The van der Waals surface area contributed by atoms with Crippen LogP contribution < -0.4 is 15.2 Å². The van der Waals surface area contributed by atoms with Crippen LogP contribution in [0.3, 0.4) is 0 Å². The molecule has 0 aliphatic carbocycles. The van der Waals surface area contributed by atoms with Crippen LogP contribution in [0.2, 0.25) is 0 Å². The number of nitrogens with one attached hydrogen (secondary N) is 1. The van der Waals surface area contributed by atoms with Gasteiger partial charge in [0.25, 0.3) is 0 Å². The first-order valence-corrected chi connectivity index (χ1v) is 8.72. The van der Waals surface area contributed by atoms with Gasteiger partial charge in [-0.25, -0.2) is 13.6 Å². The van der Waals surface area contributed by atoms with Crippen molar-refractivity contribution in [3.63, 3.8) is 0 Å². The summed E-state index contributed by atoms with van der Waals surface area (Å²) in [7, 11) is -2.13. The molecule has 2 aliphatic rings. The molecule has 3 N–H and O–H groups in total. The molecule has 2 saturated heterocycles. The quantitative estimate of drug-likeness (QED) is 0.861. The molecule has 7 heteroatoms. The van der Waals surface area contributed by atoms with E-state index in [1.807, 2.05) is 0 Å². The van der Waals surface area contributed by atoms with E-state index in [1.54, 1.807) is 19.2 Å². The van der Waals surface area contributed by atoms with Crippen LogP contribution in [-0.4, -0.2) is 46.1 Å². The number of sulfonamides is 1. The predicted molar refractivity (Wildman–Crippen MR) is 80.9 cm³/mol. The summed E-state index contributed by atoms with van der Waals surface area (Å²) in [4.78, 5) is 2.58. The Bertz CT molecular complexity index is 632. The molecule has 3 unspecified atom stereocenters. The van der Waals surface area contributed by atoms with Gasteiger partial charge in [0.1, 0.15) is 5.75 Å². The number of anilines is 1. The van der Waals surface area contributed by atoms with Gasteiger partial charge in [-0.15, -0.1) is 0 Å². The Balaban J connectivity index is 1.86. The summed E-state index contributed by atoms with van der Waals surface area (Å²) in [6, 6.07) is 5.03. The number of benzene rings is 1. The van der Waals surface area contributed by atoms with E-state index in [0.717, 1.165) is 26.1 Å². The minimum atomic E-state index is -3.71. The first kappa shape index (κ1) is 14.6. The van der Waals surface area contributed by atoms with E-state index in [9.17, 15) is 8.42 Å². The number of primary sulfonamides is 1. The average molecular weight is 311 g/mol. The van der Waals surface area contributed by atoms with Gasteiger partial charge in [0, 0.05) is 19.1 Å². The molecule has 3 atom stereocenters. The van der Waals surface area contributed by atoms with Crippen LogP contribution in [0, 0.1) is 5.92 Å². The van der Waals surface area contributed by atoms with Crippen molar-refractivity contribution >= 4 is 15.7 Å². The van der Waals surface area contributed by atoms with Crippen molar-refractivity contribution in [3.8, 4) is 5.75 Å². The second kappa shape index (κ2) is 5.47. The summed E-state index contributed by atoms with van der Waals surface area (Å²) in [5.41, 5.74) is 0.703. The van der Waals surface area contributed by atoms with E-state index in [1.165, 1.54) is 12.5 Å². The molecule has 1 aromatic rings. The fraction of sp³-hybridized carbons (Fsp3) is 0.571. The SMILES string of the molecule is COc1ccc(S(N)(=O)=O)cc1NC1CCN2CCC1C2. The van der Waals surface area contributed by atoms with Crippen LogP contribution in [0.15, 0.2) is 23.1 Å². The van der Waals surface area contributed by atoms with Gasteiger partial charge >= 0.3 is 0 Å². The molecule has 6 nitrogen and oxygen atoms in total. The number of hydrogen-bond acceptors (Lipinski definition) is 5. The molecule has 2 heterocycles. The molecule has 2 aliphatic heterocycles. The number of ether oxygens (including phenoxy) is 1. The van der Waals surface area contributed by atoms with Crippen molar-refractivity contribution in [2.75, 3.05) is 32.1 Å². The summed E-state index contributed by atoms with van der Waals surface area (Å²) in [5.74, 6) is 1.25. The van der Waals surface area contributed by atoms with E-state index < -0.39 is 10.0 Å². The standard InChI is InChI=1S/C14H21N3O3S/c1-20-14-3-2-11(21(15,18)19)8-13(14)16-12-5-7-17-6-4-10(12)9-17/h2-3,8,10,12,16H,4-7,9H2,1H3,(H2,15,18,19). The van der Waals surface area contributed by atoms with E-state index in [-0.39, 0.29) is 4.90 Å². The van der Waals surface area contributed by atoms with Crippen LogP contribution >= 0.6 is 0 Å². The lowest BCUT2D eigenvalue weighted by molar-refractivity contribution is 0.254. The minimum Gasteiger partial charge on any atom is -0.495 e. The molecule has 1 aromatic carbocycles. The Morgan fingerprint density at radius 2 is 2.10 bits per heavy atom. The monoisotopic (exact) mass is 311 g/mol. The molecule has 2 bridgehead atoms. The molecule has 0 spiro atoms. The molecule has 0 saturated carbocycles. The molecular weight excluding hydrogens is 290 g/mol. The zero-order valence-electron chi connectivity index (χ0n) is 12.1. The first-order valence-electron chi connectivity index (χ1n) is 7.17. The normalized spacial score (nSPS) is 28.4. The average Bonchev–Trinajstić information content (AvgIpc) is 2.83. The van der Waals surface area contributed by atoms with Gasteiger partial charge < -0.3 is 15.0 Å². The minimum absolute atomic E-state index is 0.106. The van der Waals surface area contributed by atoms with E-state index in [0.29, 0.717) is 23.4 Å². The zero-order chi connectivity index (χ0) is 15.0. The summed E-state index contributed by atoms with van der Waals surface area (Å²) in [6.07, 6.45) is 2.25. The number of nitrogens with two attached hydrogens (primary N) is 1. The fourth-order valence-electron chi connectivity index (χ4n) is 3.32. The molecular formula is C14H21N3O3S. The van der Waals surface area contributed by atoms with Gasteiger partial charge in [-0.05, 0) is 43.5 Å². The number of nitrogens with zero attached hydrogens (tertiary/aromatic N) is 1. The van der Waals surface area contributed by atoms with Gasteiger partial charge in [0.15, 0.2) is 0 Å². The van der Waals surface area contributed by atoms with Crippen LogP contribution in [0.4, 0.5) is 5.69 Å². The highest BCUT2D eigenvalue weighted by molar-refractivity contribution is 7.89. The van der Waals surface area contributed by atoms with Crippen LogP contribution in [-0.2, 0) is 10.0 Å². The molecule has 0 amide bonds. The Kier molecular flexibility index (Phi) is 3.81. The van der Waals surface area contributed by atoms with Gasteiger partial charge in [0.05, 0.1) is 17.7 Å². The van der Waals surface area contributed by atoms with Crippen molar-refractivity contribution in [1.29, 1.82) is 0 Å². The van der Waals surface area contributed by atoms with Gasteiger partial charge in [-0.3, -0.25) is 0 Å². The predicted octanol–water partition coefficient (Wildman–Crippen LogP) is 0.849. The third-order valence-electron chi connectivity index (χ3n) is 4.47. The second-order valence-electron chi connectivity index (χ2n) is 5.80. The van der Waals surface area contributed by atoms with Crippen LogP contribution in [0.5, 0.6) is 5.75 Å². The Morgan fingerprint density at radius 1 is 1.33 bits per heavy atom. The molecule has 21 heavy (non-hydrogen) atoms. The third-order valence-corrected chi connectivity index (χ3v) is 5.39. The summed E-state index contributed by atoms with van der Waals surface area (Å²) in [5, 5.41) is 8.68. The molecule has 116 valence electrons. The van der Waals surface area contributed by atoms with Crippen molar-refractivity contribution in [2.45, 2.75) is 23.8 Å². The Morgan fingerprint density at radius 3 is 2.81 bits per heavy atom. The number of fused-ring (bicyclic) bond motifs is 2. The van der Waals surface area contributed by atoms with Crippen molar-refractivity contribution in [1.82, 2.24) is 4.90 Å². The second-order valence-corrected chi connectivity index (χ2v) is 7.36. The van der Waals surface area contributed by atoms with Gasteiger partial charge in [-0.2, -0.15) is 0 Å². The maximum atomic E-state index is 11.5. The molecule has 0 aromatic heterocycles. The number of hydrogen-bond donors (Lipinski definition) is 2. The third kappa shape index (κ3) is 3.00. The summed E-state index contributed by atoms with van der Waals surface area (Å²) >= 11 is 0. The highest BCUT2D eigenvalue weighted by atomic mass is 32.2. The number of rotatable bonds is 4. The highest BCUT2D eigenvalue weighted by Gasteiger charge is 2.34. The first-order chi connectivity index (χ1) is 9.97. The maximum Gasteiger partial charge on any atom is 0.238 e. The van der Waals surface area contributed by atoms with E-state index in [2.05, 4.69) is 10.2 Å². The van der Waals surface area contributed by atoms with Crippen molar-refractivity contribution < 1.29 is 13.2 Å². The zero-order valence-corrected chi connectivity index (χ0v) is 12.9. The molecule has 3 rings (SSSR count). The topological polar surface area (TPSA) is 84.7 Å². The van der Waals surface area contributed by atoms with Crippen molar-refractivity contribution in [2.24, 2.45) is 11.1 Å². The van der Waals surface area contributed by atoms with Crippen LogP contribution in [0.25, 0.3) is 0 Å². The lowest BCUT2D eigenvalue weighted by atomic mass is 9.94. The fourth-order valence-corrected chi connectivity index (χ4v) is 3.86. The van der Waals surface area contributed by atoms with E-state index in [4.69, 9.17) is 9.88 Å². The molecule has 0 radical (unpaired) electrons. The highest BCUT2D eigenvalue weighted by Crippen LogP contribution is 2.33. The van der Waals surface area contributed by atoms with Gasteiger partial charge in [-0.1, -0.05) is 0 Å². The smallest absolute Gasteiger partial charge is 0.238 e. The number of piperidine rings is 1. The van der Waals surface area contributed by atoms with Gasteiger partial charge in [0.2, 0.25) is 10.0 Å².